The molecule has 1 aromatic rings. The van der Waals surface area contributed by atoms with Crippen molar-refractivity contribution in [2.75, 3.05) is 23.8 Å². The second-order valence-electron chi connectivity index (χ2n) is 6.70. The molecule has 112 valence electrons. The number of anilines is 2. The van der Waals surface area contributed by atoms with Gasteiger partial charge >= 0.3 is 0 Å². The molecule has 0 amide bonds. The third-order valence-electron chi connectivity index (χ3n) is 3.50. The smallest absolute Gasteiger partial charge is 0.138 e. The molecule has 1 fully saturated rings. The molecule has 1 aromatic heterocycles. The molecule has 2 rings (SSSR count). The van der Waals surface area contributed by atoms with Gasteiger partial charge in [-0.15, -0.1) is 0 Å². The van der Waals surface area contributed by atoms with E-state index in [0.29, 0.717) is 0 Å². The van der Waals surface area contributed by atoms with Crippen molar-refractivity contribution in [2.45, 2.75) is 57.9 Å². The molecule has 20 heavy (non-hydrogen) atoms. The maximum absolute atomic E-state index is 9.44. The minimum atomic E-state index is -0.161. The zero-order valence-corrected chi connectivity index (χ0v) is 13.0. The first-order chi connectivity index (χ1) is 9.38. The van der Waals surface area contributed by atoms with Crippen LogP contribution in [0.15, 0.2) is 6.07 Å². The van der Waals surface area contributed by atoms with E-state index in [9.17, 15) is 5.11 Å². The van der Waals surface area contributed by atoms with E-state index in [4.69, 9.17) is 0 Å². The van der Waals surface area contributed by atoms with Crippen LogP contribution in [0.5, 0.6) is 0 Å². The number of nitrogens with one attached hydrogen (secondary N) is 2. The molecule has 0 aliphatic heterocycles. The predicted octanol–water partition coefficient (Wildman–Crippen LogP) is 2.53. The molecule has 5 nitrogen and oxygen atoms in total. The van der Waals surface area contributed by atoms with Crippen LogP contribution in [0.2, 0.25) is 0 Å². The summed E-state index contributed by atoms with van der Waals surface area (Å²) in [4.78, 5) is 9.21. The van der Waals surface area contributed by atoms with Crippen LogP contribution >= 0.6 is 0 Å². The standard InChI is InChI=1S/C15H26N4O/c1-5-8-16-11-9-12(19-15(10-20)6-7-15)18-13(17-11)14(2,3)4/h9,20H,5-8,10H2,1-4H3,(H2,16,17,18,19). The Kier molecular flexibility index (Phi) is 4.18. The van der Waals surface area contributed by atoms with Crippen LogP contribution < -0.4 is 10.6 Å². The van der Waals surface area contributed by atoms with Gasteiger partial charge in [0.1, 0.15) is 17.5 Å². The SMILES string of the molecule is CCCNc1cc(NC2(CO)CC2)nc(C(C)(C)C)n1. The van der Waals surface area contributed by atoms with Gasteiger partial charge in [-0.1, -0.05) is 27.7 Å². The van der Waals surface area contributed by atoms with Gasteiger partial charge in [-0.05, 0) is 19.3 Å². The number of aliphatic hydroxyl groups excluding tert-OH is 1. The number of hydrogen-bond donors (Lipinski definition) is 3. The van der Waals surface area contributed by atoms with Crippen LogP contribution in [0.1, 0.15) is 52.8 Å². The fourth-order valence-electron chi connectivity index (χ4n) is 1.94. The molecule has 0 spiro atoms. The maximum atomic E-state index is 9.44. The highest BCUT2D eigenvalue weighted by Crippen LogP contribution is 2.38. The van der Waals surface area contributed by atoms with Crippen LogP contribution in [-0.2, 0) is 5.41 Å². The van der Waals surface area contributed by atoms with Gasteiger partial charge < -0.3 is 15.7 Å². The normalized spacial score (nSPS) is 16.9. The Morgan fingerprint density at radius 2 is 1.90 bits per heavy atom. The summed E-state index contributed by atoms with van der Waals surface area (Å²) in [7, 11) is 0. The summed E-state index contributed by atoms with van der Waals surface area (Å²) in [6.07, 6.45) is 3.05. The monoisotopic (exact) mass is 278 g/mol. The first kappa shape index (κ1) is 15.0. The average Bonchev–Trinajstić information content (AvgIpc) is 3.15. The van der Waals surface area contributed by atoms with Gasteiger partial charge in [0.05, 0.1) is 12.1 Å². The largest absolute Gasteiger partial charge is 0.394 e. The molecule has 0 aromatic carbocycles. The second kappa shape index (κ2) is 5.56. The third kappa shape index (κ3) is 3.60. The Bertz CT molecular complexity index is 463. The lowest BCUT2D eigenvalue weighted by molar-refractivity contribution is 0.266. The molecule has 0 atom stereocenters. The fourth-order valence-corrected chi connectivity index (χ4v) is 1.94. The van der Waals surface area contributed by atoms with E-state index < -0.39 is 0 Å². The first-order valence-electron chi connectivity index (χ1n) is 7.41. The van der Waals surface area contributed by atoms with E-state index in [1.165, 1.54) is 0 Å². The second-order valence-corrected chi connectivity index (χ2v) is 6.70. The number of hydrogen-bond acceptors (Lipinski definition) is 5. The zero-order valence-electron chi connectivity index (χ0n) is 13.0. The molecule has 0 saturated heterocycles. The predicted molar refractivity (Wildman–Crippen MR) is 82.2 cm³/mol. The molecular weight excluding hydrogens is 252 g/mol. The topological polar surface area (TPSA) is 70.1 Å². The lowest BCUT2D eigenvalue weighted by Crippen LogP contribution is -2.27. The van der Waals surface area contributed by atoms with Gasteiger partial charge in [0.15, 0.2) is 0 Å². The Morgan fingerprint density at radius 1 is 1.25 bits per heavy atom. The van der Waals surface area contributed by atoms with Gasteiger partial charge in [-0.3, -0.25) is 0 Å². The zero-order chi connectivity index (χ0) is 14.8. The highest BCUT2D eigenvalue weighted by atomic mass is 16.3. The Balaban J connectivity index is 2.25. The third-order valence-corrected chi connectivity index (χ3v) is 3.50. The minimum Gasteiger partial charge on any atom is -0.394 e. The quantitative estimate of drug-likeness (QED) is 0.746. The van der Waals surface area contributed by atoms with E-state index in [0.717, 1.165) is 43.3 Å². The van der Waals surface area contributed by atoms with Crippen molar-refractivity contribution in [3.05, 3.63) is 11.9 Å². The summed E-state index contributed by atoms with van der Waals surface area (Å²) < 4.78 is 0. The van der Waals surface area contributed by atoms with Crippen LogP contribution in [0.25, 0.3) is 0 Å². The molecule has 3 N–H and O–H groups in total. The molecule has 0 unspecified atom stereocenters. The summed E-state index contributed by atoms with van der Waals surface area (Å²) >= 11 is 0. The summed E-state index contributed by atoms with van der Waals surface area (Å²) in [5.41, 5.74) is -0.262. The van der Waals surface area contributed by atoms with Crippen molar-refractivity contribution < 1.29 is 5.11 Å². The van der Waals surface area contributed by atoms with Crippen LogP contribution in [0, 0.1) is 0 Å². The van der Waals surface area contributed by atoms with E-state index in [-0.39, 0.29) is 17.6 Å². The lowest BCUT2D eigenvalue weighted by Gasteiger charge is -2.21. The van der Waals surface area contributed by atoms with Crippen LogP contribution in [0.4, 0.5) is 11.6 Å². The number of aromatic nitrogens is 2. The minimum absolute atomic E-state index is 0.101. The average molecular weight is 278 g/mol. The summed E-state index contributed by atoms with van der Waals surface area (Å²) in [5, 5.41) is 16.1. The first-order valence-corrected chi connectivity index (χ1v) is 7.41. The Labute approximate surface area is 121 Å². The molecule has 0 radical (unpaired) electrons. The van der Waals surface area contributed by atoms with Crippen molar-refractivity contribution in [1.29, 1.82) is 0 Å². The van der Waals surface area contributed by atoms with Gasteiger partial charge in [-0.25, -0.2) is 9.97 Å². The molecule has 1 heterocycles. The number of nitrogens with zero attached hydrogens (tertiary/aromatic N) is 2. The van der Waals surface area contributed by atoms with E-state index in [1.807, 2.05) is 6.07 Å². The van der Waals surface area contributed by atoms with Crippen molar-refractivity contribution in [2.24, 2.45) is 0 Å². The number of rotatable bonds is 6. The van der Waals surface area contributed by atoms with Gasteiger partial charge in [0.25, 0.3) is 0 Å². The van der Waals surface area contributed by atoms with E-state index in [1.54, 1.807) is 0 Å². The van der Waals surface area contributed by atoms with Gasteiger partial charge in [0, 0.05) is 18.0 Å². The number of aliphatic hydroxyl groups is 1. The fraction of sp³-hybridized carbons (Fsp3) is 0.733. The molecule has 1 aliphatic carbocycles. The van der Waals surface area contributed by atoms with Gasteiger partial charge in [-0.2, -0.15) is 0 Å². The molecule has 1 saturated carbocycles. The van der Waals surface area contributed by atoms with Crippen molar-refractivity contribution in [3.63, 3.8) is 0 Å². The maximum Gasteiger partial charge on any atom is 0.138 e. The lowest BCUT2D eigenvalue weighted by atomic mass is 9.96. The highest BCUT2D eigenvalue weighted by molar-refractivity contribution is 5.50. The van der Waals surface area contributed by atoms with Crippen molar-refractivity contribution in [3.8, 4) is 0 Å². The van der Waals surface area contributed by atoms with E-state index in [2.05, 4.69) is 48.3 Å². The summed E-state index contributed by atoms with van der Waals surface area (Å²) in [6, 6.07) is 1.93. The highest BCUT2D eigenvalue weighted by Gasteiger charge is 2.42. The van der Waals surface area contributed by atoms with Crippen molar-refractivity contribution >= 4 is 11.6 Å². The van der Waals surface area contributed by atoms with Gasteiger partial charge in [0.2, 0.25) is 0 Å². The van der Waals surface area contributed by atoms with Crippen LogP contribution in [0.3, 0.4) is 0 Å². The van der Waals surface area contributed by atoms with Crippen LogP contribution in [-0.4, -0.2) is 33.8 Å². The Morgan fingerprint density at radius 3 is 2.40 bits per heavy atom. The summed E-state index contributed by atoms with van der Waals surface area (Å²) in [6.45, 7) is 9.49. The van der Waals surface area contributed by atoms with E-state index >= 15 is 0 Å². The summed E-state index contributed by atoms with van der Waals surface area (Å²) in [5.74, 6) is 2.47. The van der Waals surface area contributed by atoms with Crippen molar-refractivity contribution in [1.82, 2.24) is 9.97 Å². The molecular formula is C15H26N4O. The molecule has 1 aliphatic rings. The molecule has 5 heteroatoms. The molecule has 0 bridgehead atoms. The Hall–Kier alpha value is -1.36.